The highest BCUT2D eigenvalue weighted by atomic mass is 32.1. The molecule has 0 spiro atoms. The van der Waals surface area contributed by atoms with E-state index in [2.05, 4.69) is 10.3 Å². The highest BCUT2D eigenvalue weighted by Gasteiger charge is 2.28. The Morgan fingerprint density at radius 3 is 2.90 bits per heavy atom. The summed E-state index contributed by atoms with van der Waals surface area (Å²) in [6.07, 6.45) is 3.16. The van der Waals surface area contributed by atoms with Crippen molar-refractivity contribution in [3.8, 4) is 11.5 Å². The highest BCUT2D eigenvalue weighted by molar-refractivity contribution is 7.18. The zero-order valence-corrected chi connectivity index (χ0v) is 12.0. The molecule has 0 atom stereocenters. The largest absolute Gasteiger partial charge is 0.463 e. The van der Waals surface area contributed by atoms with Gasteiger partial charge in [-0.05, 0) is 25.0 Å². The fourth-order valence-corrected chi connectivity index (χ4v) is 3.26. The summed E-state index contributed by atoms with van der Waals surface area (Å²) >= 11 is 1.39. The minimum Gasteiger partial charge on any atom is -0.463 e. The van der Waals surface area contributed by atoms with Crippen molar-refractivity contribution in [2.75, 3.05) is 25.6 Å². The van der Waals surface area contributed by atoms with Crippen molar-refractivity contribution in [1.82, 2.24) is 4.98 Å². The van der Waals surface area contributed by atoms with Crippen LogP contribution in [0.2, 0.25) is 0 Å². The number of Topliss-reactive ketones (excluding diaryl/α,β-unsaturated/α-hetero) is 1. The van der Waals surface area contributed by atoms with Gasteiger partial charge in [0.15, 0.2) is 16.7 Å². The smallest absolute Gasteiger partial charge is 0.183 e. The molecular formula is C14H16N2O3S. The summed E-state index contributed by atoms with van der Waals surface area (Å²) in [4.78, 5) is 17.8. The monoisotopic (exact) mass is 292 g/mol. The molecular weight excluding hydrogens is 276 g/mol. The lowest BCUT2D eigenvalue weighted by atomic mass is 9.94. The van der Waals surface area contributed by atoms with Gasteiger partial charge in [-0.3, -0.25) is 4.79 Å². The number of furan rings is 1. The van der Waals surface area contributed by atoms with E-state index in [0.29, 0.717) is 29.5 Å². The first-order valence-corrected chi connectivity index (χ1v) is 7.45. The lowest BCUT2D eigenvalue weighted by Gasteiger charge is -2.20. The van der Waals surface area contributed by atoms with Gasteiger partial charge in [0.1, 0.15) is 10.6 Å². The van der Waals surface area contributed by atoms with Crippen molar-refractivity contribution in [1.29, 1.82) is 0 Å². The van der Waals surface area contributed by atoms with Crippen molar-refractivity contribution in [2.45, 2.75) is 12.8 Å². The Balaban J connectivity index is 1.95. The Morgan fingerprint density at radius 2 is 2.25 bits per heavy atom. The fourth-order valence-electron chi connectivity index (χ4n) is 2.32. The van der Waals surface area contributed by atoms with Crippen LogP contribution in [0.3, 0.4) is 0 Å². The third-order valence-corrected chi connectivity index (χ3v) is 4.50. The van der Waals surface area contributed by atoms with Crippen molar-refractivity contribution < 1.29 is 13.9 Å². The first-order valence-electron chi connectivity index (χ1n) is 6.64. The fraction of sp³-hybridized carbons (Fsp3) is 0.429. The predicted octanol–water partition coefficient (Wildman–Crippen LogP) is 3.05. The average molecular weight is 292 g/mol. The van der Waals surface area contributed by atoms with Gasteiger partial charge in [-0.15, -0.1) is 0 Å². The maximum atomic E-state index is 12.7. The molecule has 0 bridgehead atoms. The van der Waals surface area contributed by atoms with E-state index >= 15 is 0 Å². The number of carbonyl (C=O) groups excluding carboxylic acids is 1. The van der Waals surface area contributed by atoms with E-state index in [4.69, 9.17) is 9.15 Å². The standard InChI is InChI=1S/C14H16N2O3S/c1-15-14-16-11(10-3-2-6-19-10)13(20-14)12(17)9-4-7-18-8-5-9/h2-3,6,9H,4-5,7-8H2,1H3,(H,15,16). The quantitative estimate of drug-likeness (QED) is 0.877. The number of ether oxygens (including phenoxy) is 1. The summed E-state index contributed by atoms with van der Waals surface area (Å²) in [5.74, 6) is 0.819. The maximum Gasteiger partial charge on any atom is 0.183 e. The molecule has 0 unspecified atom stereocenters. The van der Waals surface area contributed by atoms with Crippen LogP contribution in [0.4, 0.5) is 5.13 Å². The second-order valence-corrected chi connectivity index (χ2v) is 5.67. The van der Waals surface area contributed by atoms with Crippen LogP contribution < -0.4 is 5.32 Å². The van der Waals surface area contributed by atoms with Gasteiger partial charge >= 0.3 is 0 Å². The Kier molecular flexibility index (Phi) is 3.84. The molecule has 2 aromatic heterocycles. The van der Waals surface area contributed by atoms with Crippen LogP contribution in [0.25, 0.3) is 11.5 Å². The van der Waals surface area contributed by atoms with E-state index in [-0.39, 0.29) is 11.7 Å². The lowest BCUT2D eigenvalue weighted by Crippen LogP contribution is -2.23. The number of nitrogens with one attached hydrogen (secondary N) is 1. The summed E-state index contributed by atoms with van der Waals surface area (Å²) in [7, 11) is 1.80. The molecule has 0 radical (unpaired) electrons. The van der Waals surface area contributed by atoms with E-state index in [9.17, 15) is 4.79 Å². The van der Waals surface area contributed by atoms with Crippen LogP contribution in [0, 0.1) is 5.92 Å². The van der Waals surface area contributed by atoms with Gasteiger partial charge in [-0.1, -0.05) is 11.3 Å². The third kappa shape index (κ3) is 2.48. The molecule has 0 saturated carbocycles. The number of ketones is 1. The van der Waals surface area contributed by atoms with E-state index in [0.717, 1.165) is 18.0 Å². The summed E-state index contributed by atoms with van der Waals surface area (Å²) in [5, 5.41) is 3.72. The first kappa shape index (κ1) is 13.3. The zero-order chi connectivity index (χ0) is 13.9. The number of aromatic nitrogens is 1. The average Bonchev–Trinajstić information content (AvgIpc) is 3.16. The first-order chi connectivity index (χ1) is 9.79. The summed E-state index contributed by atoms with van der Waals surface area (Å²) in [6.45, 7) is 1.31. The molecule has 1 saturated heterocycles. The molecule has 3 heterocycles. The number of rotatable bonds is 4. The van der Waals surface area contributed by atoms with Gasteiger partial charge < -0.3 is 14.5 Å². The molecule has 0 aliphatic carbocycles. The molecule has 0 amide bonds. The second-order valence-electron chi connectivity index (χ2n) is 4.67. The zero-order valence-electron chi connectivity index (χ0n) is 11.2. The maximum absolute atomic E-state index is 12.7. The van der Waals surface area contributed by atoms with Gasteiger partial charge in [0.2, 0.25) is 0 Å². The van der Waals surface area contributed by atoms with Crippen molar-refractivity contribution in [3.63, 3.8) is 0 Å². The molecule has 2 aromatic rings. The van der Waals surface area contributed by atoms with Crippen LogP contribution >= 0.6 is 11.3 Å². The molecule has 6 heteroatoms. The Hall–Kier alpha value is -1.66. The molecule has 20 heavy (non-hydrogen) atoms. The number of hydrogen-bond donors (Lipinski definition) is 1. The van der Waals surface area contributed by atoms with Crippen LogP contribution in [0.15, 0.2) is 22.8 Å². The molecule has 5 nitrogen and oxygen atoms in total. The summed E-state index contributed by atoms with van der Waals surface area (Å²) in [5.41, 5.74) is 0.640. The Bertz CT molecular complexity index is 586. The molecule has 1 fully saturated rings. The number of hydrogen-bond acceptors (Lipinski definition) is 6. The van der Waals surface area contributed by atoms with Crippen LogP contribution in [-0.4, -0.2) is 31.0 Å². The third-order valence-electron chi connectivity index (χ3n) is 3.41. The number of anilines is 1. The van der Waals surface area contributed by atoms with Gasteiger partial charge in [0.05, 0.1) is 6.26 Å². The van der Waals surface area contributed by atoms with Gasteiger partial charge in [0.25, 0.3) is 0 Å². The Labute approximate surface area is 121 Å². The SMILES string of the molecule is CNc1nc(-c2ccco2)c(C(=O)C2CCOCC2)s1. The predicted molar refractivity (Wildman–Crippen MR) is 77.2 cm³/mol. The molecule has 1 aliphatic rings. The molecule has 0 aromatic carbocycles. The van der Waals surface area contributed by atoms with Gasteiger partial charge in [0, 0.05) is 26.2 Å². The van der Waals surface area contributed by atoms with Crippen molar-refractivity contribution in [2.24, 2.45) is 5.92 Å². The van der Waals surface area contributed by atoms with E-state index in [1.54, 1.807) is 19.4 Å². The lowest BCUT2D eigenvalue weighted by molar-refractivity contribution is 0.0547. The van der Waals surface area contributed by atoms with E-state index in [1.165, 1.54) is 11.3 Å². The van der Waals surface area contributed by atoms with Crippen molar-refractivity contribution in [3.05, 3.63) is 23.3 Å². The highest BCUT2D eigenvalue weighted by Crippen LogP contribution is 2.34. The minimum absolute atomic E-state index is 0.0302. The van der Waals surface area contributed by atoms with Crippen LogP contribution in [0.5, 0.6) is 0 Å². The number of thiazole rings is 1. The molecule has 1 aliphatic heterocycles. The number of nitrogens with zero attached hydrogens (tertiary/aromatic N) is 1. The molecule has 106 valence electrons. The minimum atomic E-state index is 0.0302. The molecule has 1 N–H and O–H groups in total. The van der Waals surface area contributed by atoms with E-state index < -0.39 is 0 Å². The van der Waals surface area contributed by atoms with Crippen LogP contribution in [0.1, 0.15) is 22.5 Å². The summed E-state index contributed by atoms with van der Waals surface area (Å²) < 4.78 is 10.7. The van der Waals surface area contributed by atoms with Gasteiger partial charge in [-0.2, -0.15) is 0 Å². The second kappa shape index (κ2) is 5.76. The van der Waals surface area contributed by atoms with Gasteiger partial charge in [-0.25, -0.2) is 4.98 Å². The van der Waals surface area contributed by atoms with E-state index in [1.807, 2.05) is 6.07 Å². The molecule has 3 rings (SSSR count). The normalized spacial score (nSPS) is 16.2. The topological polar surface area (TPSA) is 64.4 Å². The number of carbonyl (C=O) groups is 1. The summed E-state index contributed by atoms with van der Waals surface area (Å²) in [6, 6.07) is 3.63. The van der Waals surface area contributed by atoms with Crippen LogP contribution in [-0.2, 0) is 4.74 Å². The Morgan fingerprint density at radius 1 is 1.45 bits per heavy atom. The van der Waals surface area contributed by atoms with Crippen molar-refractivity contribution >= 4 is 22.3 Å².